The lowest BCUT2D eigenvalue weighted by Gasteiger charge is -2.33. The molecule has 2 aromatic carbocycles. The molecule has 0 bridgehead atoms. The minimum absolute atomic E-state index is 0.215. The molecule has 1 unspecified atom stereocenters. The van der Waals surface area contributed by atoms with Gasteiger partial charge in [-0.2, -0.15) is 4.98 Å². The second-order valence-corrected chi connectivity index (χ2v) is 8.92. The standard InChI is InChI=1S/C26H26ClN7O3/c1-3-28-24-19-13-33(26(35)36)12-18(16-7-5-4-6-8-16)23(19)31-25(32-24)30-17-9-10-20(21(11-17)37-2)34-14-22(27)29-15-34/h4-11,14-15,18H,3,12-13H2,1-2H3,(H,35,36)(H2,28,30,31,32). The Morgan fingerprint density at radius 1 is 1.22 bits per heavy atom. The summed E-state index contributed by atoms with van der Waals surface area (Å²) in [5, 5.41) is 16.8. The number of nitrogens with one attached hydrogen (secondary N) is 2. The maximum atomic E-state index is 11.9. The number of ether oxygens (including phenoxy) is 1. The van der Waals surface area contributed by atoms with E-state index in [4.69, 9.17) is 26.3 Å². The summed E-state index contributed by atoms with van der Waals surface area (Å²) in [5.74, 6) is 1.39. The Kier molecular flexibility index (Phi) is 6.82. The molecule has 190 valence electrons. The van der Waals surface area contributed by atoms with Gasteiger partial charge in [-0.15, -0.1) is 0 Å². The fourth-order valence-electron chi connectivity index (χ4n) is 4.50. The van der Waals surface area contributed by atoms with E-state index in [0.717, 1.165) is 28.2 Å². The van der Waals surface area contributed by atoms with E-state index in [1.165, 1.54) is 4.90 Å². The van der Waals surface area contributed by atoms with Gasteiger partial charge in [-0.25, -0.2) is 14.8 Å². The zero-order valence-corrected chi connectivity index (χ0v) is 21.1. The van der Waals surface area contributed by atoms with Gasteiger partial charge >= 0.3 is 6.09 Å². The fourth-order valence-corrected chi connectivity index (χ4v) is 4.65. The number of hydrogen-bond acceptors (Lipinski definition) is 7. The summed E-state index contributed by atoms with van der Waals surface area (Å²) in [6.07, 6.45) is 2.35. The first kappa shape index (κ1) is 24.4. The van der Waals surface area contributed by atoms with Crippen LogP contribution in [0.3, 0.4) is 0 Å². The molecule has 1 aliphatic rings. The normalized spacial score (nSPS) is 14.7. The molecule has 3 heterocycles. The quantitative estimate of drug-likeness (QED) is 0.308. The number of aromatic nitrogens is 4. The molecule has 10 nitrogen and oxygen atoms in total. The molecule has 5 rings (SSSR count). The lowest BCUT2D eigenvalue weighted by Crippen LogP contribution is -2.39. The summed E-state index contributed by atoms with van der Waals surface area (Å²) in [4.78, 5) is 27.0. The lowest BCUT2D eigenvalue weighted by molar-refractivity contribution is 0.136. The van der Waals surface area contributed by atoms with E-state index in [1.807, 2.05) is 55.5 Å². The number of methoxy groups -OCH3 is 1. The molecule has 1 amide bonds. The van der Waals surface area contributed by atoms with E-state index in [-0.39, 0.29) is 12.5 Å². The molecule has 1 atom stereocenters. The van der Waals surface area contributed by atoms with Crippen LogP contribution in [0.4, 0.5) is 22.2 Å². The summed E-state index contributed by atoms with van der Waals surface area (Å²) >= 11 is 5.98. The van der Waals surface area contributed by atoms with Crippen molar-refractivity contribution in [2.24, 2.45) is 0 Å². The van der Waals surface area contributed by atoms with Gasteiger partial charge in [-0.1, -0.05) is 41.9 Å². The molecule has 3 N–H and O–H groups in total. The number of anilines is 3. The molecule has 11 heteroatoms. The SMILES string of the molecule is CCNc1nc(Nc2ccc(-n3cnc(Cl)c3)c(OC)c2)nc2c1CN(C(=O)O)CC2c1ccccc1. The van der Waals surface area contributed by atoms with Crippen molar-refractivity contribution in [3.63, 3.8) is 0 Å². The maximum absolute atomic E-state index is 11.9. The van der Waals surface area contributed by atoms with Gasteiger partial charge in [0.25, 0.3) is 0 Å². The molecule has 0 fully saturated rings. The average Bonchev–Trinajstić information content (AvgIpc) is 3.34. The Bertz CT molecular complexity index is 1430. The van der Waals surface area contributed by atoms with Crippen LogP contribution >= 0.6 is 11.6 Å². The first-order valence-corrected chi connectivity index (χ1v) is 12.2. The van der Waals surface area contributed by atoms with Crippen LogP contribution < -0.4 is 15.4 Å². The Morgan fingerprint density at radius 2 is 2.03 bits per heavy atom. The van der Waals surface area contributed by atoms with E-state index >= 15 is 0 Å². The Hall–Kier alpha value is -4.31. The molecule has 4 aromatic rings. The topological polar surface area (TPSA) is 117 Å². The van der Waals surface area contributed by atoms with Crippen LogP contribution in [-0.4, -0.2) is 55.8 Å². The van der Waals surface area contributed by atoms with E-state index in [2.05, 4.69) is 15.6 Å². The highest BCUT2D eigenvalue weighted by Crippen LogP contribution is 2.37. The van der Waals surface area contributed by atoms with Crippen LogP contribution in [-0.2, 0) is 6.54 Å². The highest BCUT2D eigenvalue weighted by Gasteiger charge is 2.33. The monoisotopic (exact) mass is 519 g/mol. The number of benzene rings is 2. The van der Waals surface area contributed by atoms with Gasteiger partial charge in [0.05, 0.1) is 25.0 Å². The highest BCUT2D eigenvalue weighted by atomic mass is 35.5. The third-order valence-electron chi connectivity index (χ3n) is 6.20. The van der Waals surface area contributed by atoms with Crippen LogP contribution in [0.2, 0.25) is 5.15 Å². The largest absolute Gasteiger partial charge is 0.494 e. The van der Waals surface area contributed by atoms with E-state index < -0.39 is 6.09 Å². The third kappa shape index (κ3) is 5.01. The number of amides is 1. The van der Waals surface area contributed by atoms with E-state index in [9.17, 15) is 9.90 Å². The number of carbonyl (C=O) groups is 1. The van der Waals surface area contributed by atoms with Crippen molar-refractivity contribution in [2.45, 2.75) is 19.4 Å². The molecular formula is C26H26ClN7O3. The van der Waals surface area contributed by atoms with Crippen molar-refractivity contribution in [3.8, 4) is 11.4 Å². The lowest BCUT2D eigenvalue weighted by atomic mass is 9.89. The van der Waals surface area contributed by atoms with E-state index in [0.29, 0.717) is 35.8 Å². The predicted molar refractivity (Wildman–Crippen MR) is 141 cm³/mol. The number of hydrogen-bond donors (Lipinski definition) is 3. The van der Waals surface area contributed by atoms with E-state index in [1.54, 1.807) is 24.2 Å². The minimum atomic E-state index is -0.970. The maximum Gasteiger partial charge on any atom is 0.407 e. The zero-order valence-electron chi connectivity index (χ0n) is 20.3. The molecule has 0 aliphatic carbocycles. The van der Waals surface area contributed by atoms with Gasteiger partial charge < -0.3 is 29.9 Å². The molecular weight excluding hydrogens is 494 g/mol. The fraction of sp³-hybridized carbons (Fsp3) is 0.231. The van der Waals surface area contributed by atoms with Gasteiger partial charge in [0, 0.05) is 42.5 Å². The summed E-state index contributed by atoms with van der Waals surface area (Å²) in [7, 11) is 1.60. The second-order valence-electron chi connectivity index (χ2n) is 8.53. The molecule has 2 aromatic heterocycles. The van der Waals surface area contributed by atoms with Crippen molar-refractivity contribution in [1.29, 1.82) is 0 Å². The Balaban J connectivity index is 1.55. The molecule has 0 spiro atoms. The number of rotatable bonds is 7. The van der Waals surface area contributed by atoms with Gasteiger partial charge in [-0.3, -0.25) is 0 Å². The van der Waals surface area contributed by atoms with Gasteiger partial charge in [-0.05, 0) is 24.6 Å². The van der Waals surface area contributed by atoms with Crippen molar-refractivity contribution in [2.75, 3.05) is 30.8 Å². The van der Waals surface area contributed by atoms with Crippen molar-refractivity contribution in [3.05, 3.63) is 83.0 Å². The third-order valence-corrected chi connectivity index (χ3v) is 6.40. The number of fused-ring (bicyclic) bond motifs is 1. The summed E-state index contributed by atoms with van der Waals surface area (Å²) < 4.78 is 7.38. The van der Waals surface area contributed by atoms with Crippen LogP contribution in [0.25, 0.3) is 5.69 Å². The first-order valence-electron chi connectivity index (χ1n) is 11.8. The van der Waals surface area contributed by atoms with Gasteiger partial charge in [0.2, 0.25) is 5.95 Å². The molecule has 0 saturated carbocycles. The zero-order chi connectivity index (χ0) is 25.9. The van der Waals surface area contributed by atoms with Crippen LogP contribution in [0.1, 0.15) is 29.7 Å². The van der Waals surface area contributed by atoms with Gasteiger partial charge in [0.1, 0.15) is 23.0 Å². The Labute approximate surface area is 218 Å². The predicted octanol–water partition coefficient (Wildman–Crippen LogP) is 5.13. The van der Waals surface area contributed by atoms with Crippen molar-refractivity contribution >= 4 is 35.1 Å². The van der Waals surface area contributed by atoms with Crippen LogP contribution in [0.5, 0.6) is 5.75 Å². The number of halogens is 1. The summed E-state index contributed by atoms with van der Waals surface area (Å²) in [6.45, 7) is 3.12. The summed E-state index contributed by atoms with van der Waals surface area (Å²) in [5.41, 5.74) is 4.08. The highest BCUT2D eigenvalue weighted by molar-refractivity contribution is 6.29. The van der Waals surface area contributed by atoms with Crippen LogP contribution in [0.15, 0.2) is 61.1 Å². The van der Waals surface area contributed by atoms with Crippen molar-refractivity contribution in [1.82, 2.24) is 24.4 Å². The number of imidazole rings is 1. The smallest absolute Gasteiger partial charge is 0.407 e. The molecule has 0 saturated heterocycles. The minimum Gasteiger partial charge on any atom is -0.494 e. The molecule has 1 aliphatic heterocycles. The average molecular weight is 520 g/mol. The number of carboxylic acid groups (broad SMARTS) is 1. The van der Waals surface area contributed by atoms with Crippen molar-refractivity contribution < 1.29 is 14.6 Å². The Morgan fingerprint density at radius 3 is 2.70 bits per heavy atom. The molecule has 37 heavy (non-hydrogen) atoms. The molecule has 0 radical (unpaired) electrons. The number of nitrogens with zero attached hydrogens (tertiary/aromatic N) is 5. The van der Waals surface area contributed by atoms with Crippen LogP contribution in [0, 0.1) is 0 Å². The summed E-state index contributed by atoms with van der Waals surface area (Å²) in [6, 6.07) is 15.4. The second kappa shape index (κ2) is 10.4. The van der Waals surface area contributed by atoms with Gasteiger partial charge in [0.15, 0.2) is 0 Å². The first-order chi connectivity index (χ1) is 18.0.